The molecule has 0 radical (unpaired) electrons. The first-order valence-corrected chi connectivity index (χ1v) is 11.8. The summed E-state index contributed by atoms with van der Waals surface area (Å²) in [4.78, 5) is 27.8. The van der Waals surface area contributed by atoms with Crippen LogP contribution >= 0.6 is 0 Å². The van der Waals surface area contributed by atoms with Crippen LogP contribution in [0.4, 0.5) is 22.0 Å². The normalized spacial score (nSPS) is 16.6. The van der Waals surface area contributed by atoms with E-state index in [1.807, 2.05) is 25.1 Å². The number of hydrogen-bond donors (Lipinski definition) is 1. The second kappa shape index (κ2) is 11.2. The average Bonchev–Trinajstić information content (AvgIpc) is 3.45. The Kier molecular flexibility index (Phi) is 7.98. The van der Waals surface area contributed by atoms with Gasteiger partial charge in [-0.25, -0.2) is 23.2 Å². The summed E-state index contributed by atoms with van der Waals surface area (Å²) in [5.74, 6) is -6.07. The van der Waals surface area contributed by atoms with E-state index in [-0.39, 0.29) is 24.9 Å². The largest absolute Gasteiger partial charge is 0.490 e. The van der Waals surface area contributed by atoms with E-state index in [4.69, 9.17) is 14.6 Å². The van der Waals surface area contributed by atoms with Crippen molar-refractivity contribution in [2.24, 2.45) is 0 Å². The van der Waals surface area contributed by atoms with Gasteiger partial charge in [-0.2, -0.15) is 13.2 Å². The van der Waals surface area contributed by atoms with Crippen LogP contribution in [0.3, 0.4) is 0 Å². The summed E-state index contributed by atoms with van der Waals surface area (Å²) >= 11 is 0. The molecule has 0 saturated carbocycles. The molecule has 1 amide bonds. The standard InChI is InChI=1S/C24H21F2N5O2.C2HF3O2/c1-16-4-2-5-17-8-9-21(28-22(16)17)33-20-15-30(12-10-24(20,25)26)23(32)18-6-3-7-19(14-18)31-13-11-27-29-31;3-2(4,5)1(6)7/h2-9,11,13-14,20H,10,12,15H2,1H3;(H,6,7)/t20-;/m0./s1. The highest BCUT2D eigenvalue weighted by atomic mass is 19.4. The molecule has 9 nitrogen and oxygen atoms in total. The minimum Gasteiger partial charge on any atom is -0.475 e. The molecule has 5 rings (SSSR count). The van der Waals surface area contributed by atoms with E-state index in [1.54, 1.807) is 42.6 Å². The fraction of sp³-hybridized carbons (Fsp3) is 0.269. The summed E-state index contributed by atoms with van der Waals surface area (Å²) in [7, 11) is 0. The smallest absolute Gasteiger partial charge is 0.475 e. The molecule has 210 valence electrons. The van der Waals surface area contributed by atoms with E-state index in [2.05, 4.69) is 15.3 Å². The monoisotopic (exact) mass is 563 g/mol. The van der Waals surface area contributed by atoms with Gasteiger partial charge in [-0.05, 0) is 36.8 Å². The van der Waals surface area contributed by atoms with Crippen molar-refractivity contribution in [3.8, 4) is 11.6 Å². The van der Waals surface area contributed by atoms with Gasteiger partial charge in [0.2, 0.25) is 5.88 Å². The number of para-hydroxylation sites is 1. The van der Waals surface area contributed by atoms with Crippen molar-refractivity contribution >= 4 is 22.8 Å². The molecular formula is C26H22F5N5O4. The Balaban J connectivity index is 0.000000470. The summed E-state index contributed by atoms with van der Waals surface area (Å²) < 4.78 is 68.4. The zero-order valence-electron chi connectivity index (χ0n) is 20.8. The lowest BCUT2D eigenvalue weighted by atomic mass is 10.0. The van der Waals surface area contributed by atoms with Crippen LogP contribution < -0.4 is 4.74 Å². The van der Waals surface area contributed by atoms with Crippen molar-refractivity contribution in [2.45, 2.75) is 31.5 Å². The highest BCUT2D eigenvalue weighted by Crippen LogP contribution is 2.32. The van der Waals surface area contributed by atoms with Crippen LogP contribution in [0.25, 0.3) is 16.6 Å². The molecule has 1 N–H and O–H groups in total. The summed E-state index contributed by atoms with van der Waals surface area (Å²) in [5.41, 5.74) is 2.67. The Bertz CT molecular complexity index is 1510. The summed E-state index contributed by atoms with van der Waals surface area (Å²) in [5, 5.41) is 15.7. The number of rotatable bonds is 4. The number of likely N-dealkylation sites (tertiary alicyclic amines) is 1. The summed E-state index contributed by atoms with van der Waals surface area (Å²) in [6, 6.07) is 15.9. The van der Waals surface area contributed by atoms with Gasteiger partial charge in [-0.1, -0.05) is 29.5 Å². The molecule has 1 atom stereocenters. The van der Waals surface area contributed by atoms with Gasteiger partial charge in [0.1, 0.15) is 0 Å². The number of hydrogen-bond acceptors (Lipinski definition) is 6. The summed E-state index contributed by atoms with van der Waals surface area (Å²) in [6.45, 7) is 1.60. The number of benzene rings is 2. The number of amides is 1. The van der Waals surface area contributed by atoms with Gasteiger partial charge in [0, 0.05) is 30.0 Å². The van der Waals surface area contributed by atoms with Crippen LogP contribution in [-0.4, -0.2) is 73.2 Å². The number of aromatic nitrogens is 4. The molecule has 1 saturated heterocycles. The van der Waals surface area contributed by atoms with E-state index in [0.29, 0.717) is 16.8 Å². The number of halogens is 5. The predicted octanol–water partition coefficient (Wildman–Crippen LogP) is 4.69. The maximum absolute atomic E-state index is 14.7. The molecule has 0 unspecified atom stereocenters. The number of aryl methyl sites for hydroxylation is 1. The van der Waals surface area contributed by atoms with Crippen molar-refractivity contribution in [3.63, 3.8) is 0 Å². The third kappa shape index (κ3) is 6.50. The number of nitrogens with zero attached hydrogens (tertiary/aromatic N) is 5. The fourth-order valence-electron chi connectivity index (χ4n) is 3.98. The lowest BCUT2D eigenvalue weighted by Crippen LogP contribution is -2.55. The SMILES string of the molecule is Cc1cccc2ccc(O[C@H]3CN(C(=O)c4cccc(-n5ccnn5)c4)CCC3(F)F)nc12.O=C(O)C(F)(F)F. The van der Waals surface area contributed by atoms with Gasteiger partial charge >= 0.3 is 12.1 Å². The molecule has 3 heterocycles. The van der Waals surface area contributed by atoms with Crippen LogP contribution in [0.15, 0.2) is 67.0 Å². The maximum Gasteiger partial charge on any atom is 0.490 e. The Labute approximate surface area is 223 Å². The molecular weight excluding hydrogens is 541 g/mol. The first-order chi connectivity index (χ1) is 18.8. The van der Waals surface area contributed by atoms with Gasteiger partial charge in [-0.3, -0.25) is 4.79 Å². The molecule has 0 aliphatic carbocycles. The topological polar surface area (TPSA) is 110 Å². The van der Waals surface area contributed by atoms with E-state index in [0.717, 1.165) is 10.9 Å². The molecule has 40 heavy (non-hydrogen) atoms. The predicted molar refractivity (Wildman–Crippen MR) is 131 cm³/mol. The third-order valence-corrected chi connectivity index (χ3v) is 6.04. The second-order valence-electron chi connectivity index (χ2n) is 8.87. The van der Waals surface area contributed by atoms with Crippen molar-refractivity contribution in [3.05, 3.63) is 78.1 Å². The zero-order valence-corrected chi connectivity index (χ0v) is 20.8. The zero-order chi connectivity index (χ0) is 29.1. The molecule has 2 aromatic heterocycles. The minimum atomic E-state index is -5.08. The van der Waals surface area contributed by atoms with Crippen molar-refractivity contribution in [2.75, 3.05) is 13.1 Å². The number of carbonyl (C=O) groups excluding carboxylic acids is 1. The van der Waals surface area contributed by atoms with Crippen molar-refractivity contribution in [1.29, 1.82) is 0 Å². The highest BCUT2D eigenvalue weighted by molar-refractivity contribution is 5.95. The molecule has 1 aliphatic heterocycles. The molecule has 0 bridgehead atoms. The number of pyridine rings is 1. The second-order valence-corrected chi connectivity index (χ2v) is 8.87. The van der Waals surface area contributed by atoms with Gasteiger partial charge < -0.3 is 14.7 Å². The van der Waals surface area contributed by atoms with Crippen LogP contribution in [0, 0.1) is 6.92 Å². The number of carbonyl (C=O) groups is 2. The van der Waals surface area contributed by atoms with Gasteiger partial charge in [0.25, 0.3) is 11.8 Å². The first kappa shape index (κ1) is 28.4. The van der Waals surface area contributed by atoms with Crippen LogP contribution in [0.1, 0.15) is 22.3 Å². The minimum absolute atomic E-state index is 0.0660. The van der Waals surface area contributed by atoms with E-state index >= 15 is 0 Å². The van der Waals surface area contributed by atoms with Crippen LogP contribution in [0.2, 0.25) is 0 Å². The molecule has 1 aliphatic rings. The van der Waals surface area contributed by atoms with Crippen LogP contribution in [-0.2, 0) is 4.79 Å². The lowest BCUT2D eigenvalue weighted by molar-refractivity contribution is -0.192. The molecule has 1 fully saturated rings. The van der Waals surface area contributed by atoms with Crippen LogP contribution in [0.5, 0.6) is 5.88 Å². The third-order valence-electron chi connectivity index (χ3n) is 6.04. The number of piperidine rings is 1. The van der Waals surface area contributed by atoms with Gasteiger partial charge in [-0.15, -0.1) is 5.10 Å². The molecule has 4 aromatic rings. The number of aliphatic carboxylic acids is 1. The Morgan fingerprint density at radius 3 is 2.50 bits per heavy atom. The number of ether oxygens (including phenoxy) is 1. The van der Waals surface area contributed by atoms with Crippen molar-refractivity contribution in [1.82, 2.24) is 24.9 Å². The number of carboxylic acid groups (broad SMARTS) is 1. The highest BCUT2D eigenvalue weighted by Gasteiger charge is 2.47. The quantitative estimate of drug-likeness (QED) is 0.359. The Hall–Kier alpha value is -4.62. The average molecular weight is 563 g/mol. The first-order valence-electron chi connectivity index (χ1n) is 11.8. The maximum atomic E-state index is 14.7. The number of carboxylic acids is 1. The van der Waals surface area contributed by atoms with E-state index < -0.39 is 30.6 Å². The number of alkyl halides is 5. The molecule has 0 spiro atoms. The van der Waals surface area contributed by atoms with E-state index in [9.17, 15) is 26.7 Å². The Morgan fingerprint density at radius 1 is 1.10 bits per heavy atom. The van der Waals surface area contributed by atoms with Gasteiger partial charge in [0.05, 0.1) is 30.1 Å². The van der Waals surface area contributed by atoms with Crippen molar-refractivity contribution < 1.29 is 41.4 Å². The Morgan fingerprint density at radius 2 is 1.82 bits per heavy atom. The fourth-order valence-corrected chi connectivity index (χ4v) is 3.98. The lowest BCUT2D eigenvalue weighted by Gasteiger charge is -2.38. The molecule has 2 aromatic carbocycles. The van der Waals surface area contributed by atoms with Gasteiger partial charge in [0.15, 0.2) is 6.10 Å². The molecule has 14 heteroatoms. The van der Waals surface area contributed by atoms with E-state index in [1.165, 1.54) is 15.8 Å². The summed E-state index contributed by atoms with van der Waals surface area (Å²) in [6.07, 6.45) is -3.88. The number of fused-ring (bicyclic) bond motifs is 1.